The molecule has 0 N–H and O–H groups in total. The summed E-state index contributed by atoms with van der Waals surface area (Å²) in [6.07, 6.45) is 0. The predicted octanol–water partition coefficient (Wildman–Crippen LogP) is 4.47. The smallest absolute Gasteiger partial charge is 0.133 e. The Morgan fingerprint density at radius 3 is 2.37 bits per heavy atom. The summed E-state index contributed by atoms with van der Waals surface area (Å²) >= 11 is 5.78. The maximum Gasteiger partial charge on any atom is 0.133 e. The van der Waals surface area contributed by atoms with Crippen LogP contribution in [0, 0.1) is 12.7 Å². The summed E-state index contributed by atoms with van der Waals surface area (Å²) < 4.78 is 24.8. The summed E-state index contributed by atoms with van der Waals surface area (Å²) in [5, 5.41) is 0.354. The van der Waals surface area contributed by atoms with Gasteiger partial charge in [-0.3, -0.25) is 0 Å². The maximum absolute atomic E-state index is 14.1. The second-order valence-electron chi connectivity index (χ2n) is 4.12. The van der Waals surface area contributed by atoms with Gasteiger partial charge in [-0.1, -0.05) is 17.7 Å². The molecule has 0 saturated heterocycles. The molecule has 0 amide bonds. The Balaban J connectivity index is 2.75. The van der Waals surface area contributed by atoms with Gasteiger partial charge >= 0.3 is 0 Å². The van der Waals surface area contributed by atoms with Crippen molar-refractivity contribution in [1.29, 1.82) is 0 Å². The van der Waals surface area contributed by atoms with Crippen LogP contribution >= 0.6 is 11.6 Å². The van der Waals surface area contributed by atoms with Gasteiger partial charge in [-0.25, -0.2) is 4.39 Å². The normalized spacial score (nSPS) is 10.4. The lowest BCUT2D eigenvalue weighted by Gasteiger charge is -2.16. The average molecular weight is 281 g/mol. The fourth-order valence-corrected chi connectivity index (χ4v) is 2.21. The number of ether oxygens (including phenoxy) is 2. The van der Waals surface area contributed by atoms with Crippen molar-refractivity contribution in [2.75, 3.05) is 14.2 Å². The predicted molar refractivity (Wildman–Crippen MR) is 74.7 cm³/mol. The van der Waals surface area contributed by atoms with Crippen molar-refractivity contribution in [2.45, 2.75) is 6.92 Å². The van der Waals surface area contributed by atoms with Gasteiger partial charge in [-0.05, 0) is 36.8 Å². The number of benzene rings is 2. The highest BCUT2D eigenvalue weighted by Gasteiger charge is 2.18. The van der Waals surface area contributed by atoms with Gasteiger partial charge in [0.2, 0.25) is 0 Å². The van der Waals surface area contributed by atoms with Crippen LogP contribution in [0.5, 0.6) is 11.5 Å². The molecule has 0 radical (unpaired) electrons. The molecule has 0 aliphatic rings. The molecule has 100 valence electrons. The molecule has 2 aromatic carbocycles. The largest absolute Gasteiger partial charge is 0.496 e. The van der Waals surface area contributed by atoms with E-state index in [0.717, 1.165) is 5.56 Å². The molecular weight excluding hydrogens is 267 g/mol. The van der Waals surface area contributed by atoms with E-state index >= 15 is 0 Å². The first-order chi connectivity index (χ1) is 9.08. The Hall–Kier alpha value is -1.74. The van der Waals surface area contributed by atoms with Gasteiger partial charge in [-0.15, -0.1) is 0 Å². The van der Waals surface area contributed by atoms with Crippen molar-refractivity contribution in [1.82, 2.24) is 0 Å². The molecule has 0 atom stereocenters. The highest BCUT2D eigenvalue weighted by molar-refractivity contribution is 6.30. The summed E-state index contributed by atoms with van der Waals surface area (Å²) in [7, 11) is 3.10. The minimum absolute atomic E-state index is 0.354. The Morgan fingerprint density at radius 1 is 1.05 bits per heavy atom. The second-order valence-corrected chi connectivity index (χ2v) is 4.55. The summed E-state index contributed by atoms with van der Waals surface area (Å²) in [4.78, 5) is 0. The van der Waals surface area contributed by atoms with Crippen molar-refractivity contribution < 1.29 is 13.9 Å². The molecule has 0 aromatic heterocycles. The number of halogens is 2. The third-order valence-electron chi connectivity index (χ3n) is 2.94. The number of hydrogen-bond acceptors (Lipinski definition) is 2. The van der Waals surface area contributed by atoms with Crippen LogP contribution in [0.4, 0.5) is 4.39 Å². The quantitative estimate of drug-likeness (QED) is 0.826. The van der Waals surface area contributed by atoms with E-state index in [1.54, 1.807) is 32.4 Å². The summed E-state index contributed by atoms with van der Waals surface area (Å²) in [6, 6.07) is 8.20. The number of hydrogen-bond donors (Lipinski definition) is 0. The van der Waals surface area contributed by atoms with Crippen LogP contribution in [-0.2, 0) is 0 Å². The van der Waals surface area contributed by atoms with Crippen molar-refractivity contribution in [3.8, 4) is 22.6 Å². The number of rotatable bonds is 3. The second kappa shape index (κ2) is 5.49. The van der Waals surface area contributed by atoms with Crippen molar-refractivity contribution in [3.63, 3.8) is 0 Å². The highest BCUT2D eigenvalue weighted by atomic mass is 35.5. The van der Waals surface area contributed by atoms with E-state index in [0.29, 0.717) is 27.6 Å². The molecule has 2 nitrogen and oxygen atoms in total. The fourth-order valence-electron chi connectivity index (χ4n) is 2.05. The first-order valence-corrected chi connectivity index (χ1v) is 6.13. The molecule has 0 aliphatic carbocycles. The van der Waals surface area contributed by atoms with Crippen molar-refractivity contribution in [2.24, 2.45) is 0 Å². The SMILES string of the molecule is COc1ccc(C)c(OC)c1-c1ccc(Cl)cc1F. The van der Waals surface area contributed by atoms with E-state index in [-0.39, 0.29) is 0 Å². The molecule has 0 fully saturated rings. The van der Waals surface area contributed by atoms with Crippen LogP contribution in [-0.4, -0.2) is 14.2 Å². The molecule has 0 unspecified atom stereocenters. The van der Waals surface area contributed by atoms with E-state index in [1.807, 2.05) is 13.0 Å². The van der Waals surface area contributed by atoms with Gasteiger partial charge in [0.25, 0.3) is 0 Å². The lowest BCUT2D eigenvalue weighted by atomic mass is 10.00. The summed E-state index contributed by atoms with van der Waals surface area (Å²) in [5.41, 5.74) is 1.91. The maximum atomic E-state index is 14.1. The zero-order valence-electron chi connectivity index (χ0n) is 11.0. The highest BCUT2D eigenvalue weighted by Crippen LogP contribution is 2.41. The van der Waals surface area contributed by atoms with Crippen LogP contribution in [0.15, 0.2) is 30.3 Å². The standard InChI is InChI=1S/C15H14ClFO2/c1-9-4-7-13(18-2)14(15(9)19-3)11-6-5-10(16)8-12(11)17/h4-8H,1-3H3. The minimum atomic E-state index is -0.408. The Labute approximate surface area is 116 Å². The molecule has 2 rings (SSSR count). The summed E-state index contributed by atoms with van der Waals surface area (Å²) in [6.45, 7) is 1.90. The lowest BCUT2D eigenvalue weighted by molar-refractivity contribution is 0.395. The van der Waals surface area contributed by atoms with Gasteiger partial charge in [0.05, 0.1) is 19.8 Å². The Morgan fingerprint density at radius 2 is 1.79 bits per heavy atom. The van der Waals surface area contributed by atoms with Crippen LogP contribution in [0.25, 0.3) is 11.1 Å². The van der Waals surface area contributed by atoms with Gasteiger partial charge in [0.1, 0.15) is 17.3 Å². The fraction of sp³-hybridized carbons (Fsp3) is 0.200. The minimum Gasteiger partial charge on any atom is -0.496 e. The van der Waals surface area contributed by atoms with Crippen molar-refractivity contribution in [3.05, 3.63) is 46.7 Å². The zero-order chi connectivity index (χ0) is 14.0. The first kappa shape index (κ1) is 13.7. The topological polar surface area (TPSA) is 18.5 Å². The molecule has 0 saturated carbocycles. The molecule has 0 aliphatic heterocycles. The molecule has 4 heteroatoms. The van der Waals surface area contributed by atoms with Gasteiger partial charge in [-0.2, -0.15) is 0 Å². The van der Waals surface area contributed by atoms with Gasteiger partial charge in [0, 0.05) is 10.6 Å². The van der Waals surface area contributed by atoms with E-state index in [9.17, 15) is 4.39 Å². The lowest BCUT2D eigenvalue weighted by Crippen LogP contribution is -1.97. The van der Waals surface area contributed by atoms with Crippen LogP contribution < -0.4 is 9.47 Å². The molecule has 19 heavy (non-hydrogen) atoms. The van der Waals surface area contributed by atoms with Gasteiger partial charge in [0.15, 0.2) is 0 Å². The van der Waals surface area contributed by atoms with Crippen LogP contribution in [0.1, 0.15) is 5.56 Å². The first-order valence-electron chi connectivity index (χ1n) is 5.75. The molecule has 0 heterocycles. The van der Waals surface area contributed by atoms with Crippen LogP contribution in [0.3, 0.4) is 0 Å². The van der Waals surface area contributed by atoms with E-state index in [1.165, 1.54) is 6.07 Å². The number of aryl methyl sites for hydroxylation is 1. The molecule has 0 spiro atoms. The Bertz CT molecular complexity index is 611. The number of methoxy groups -OCH3 is 2. The Kier molecular flexibility index (Phi) is 3.96. The average Bonchev–Trinajstić information content (AvgIpc) is 2.38. The third kappa shape index (κ3) is 2.51. The molecule has 2 aromatic rings. The molecular formula is C15H14ClFO2. The zero-order valence-corrected chi connectivity index (χ0v) is 11.7. The van der Waals surface area contributed by atoms with E-state index < -0.39 is 5.82 Å². The summed E-state index contributed by atoms with van der Waals surface area (Å²) in [5.74, 6) is 0.749. The third-order valence-corrected chi connectivity index (χ3v) is 3.18. The van der Waals surface area contributed by atoms with E-state index in [4.69, 9.17) is 21.1 Å². The van der Waals surface area contributed by atoms with Gasteiger partial charge < -0.3 is 9.47 Å². The van der Waals surface area contributed by atoms with Crippen LogP contribution in [0.2, 0.25) is 5.02 Å². The van der Waals surface area contributed by atoms with E-state index in [2.05, 4.69) is 0 Å². The van der Waals surface area contributed by atoms with Crippen molar-refractivity contribution >= 4 is 11.6 Å². The molecule has 0 bridgehead atoms. The monoisotopic (exact) mass is 280 g/mol.